The summed E-state index contributed by atoms with van der Waals surface area (Å²) in [6.07, 6.45) is 5.26. The fourth-order valence-electron chi connectivity index (χ4n) is 5.79. The van der Waals surface area contributed by atoms with Gasteiger partial charge in [0.05, 0.1) is 10.6 Å². The van der Waals surface area contributed by atoms with E-state index in [9.17, 15) is 18.0 Å². The minimum Gasteiger partial charge on any atom is -0.352 e. The lowest BCUT2D eigenvalue weighted by atomic mass is 9.94. The van der Waals surface area contributed by atoms with E-state index in [-0.39, 0.29) is 29.8 Å². The molecule has 5 rings (SSSR count). The molecular weight excluding hydrogens is 686 g/mol. The Morgan fingerprint density at radius 1 is 0.826 bits per heavy atom. The molecule has 0 radical (unpaired) electrons. The van der Waals surface area contributed by atoms with Crippen LogP contribution in [0.5, 0.6) is 0 Å². The first-order chi connectivity index (χ1) is 22.2. The number of anilines is 1. The molecule has 10 heteroatoms. The van der Waals surface area contributed by atoms with Crippen molar-refractivity contribution in [2.45, 2.75) is 62.0 Å². The Morgan fingerprint density at radius 3 is 2.11 bits per heavy atom. The lowest BCUT2D eigenvalue weighted by Gasteiger charge is -2.35. The van der Waals surface area contributed by atoms with Crippen molar-refractivity contribution in [1.29, 1.82) is 0 Å². The molecule has 1 fully saturated rings. The first kappa shape index (κ1) is 33.7. The zero-order valence-corrected chi connectivity index (χ0v) is 28.6. The van der Waals surface area contributed by atoms with Gasteiger partial charge >= 0.3 is 0 Å². The van der Waals surface area contributed by atoms with E-state index in [2.05, 4.69) is 21.2 Å². The van der Waals surface area contributed by atoms with Gasteiger partial charge in [0.2, 0.25) is 11.8 Å². The number of benzene rings is 4. The number of hydrogen-bond acceptors (Lipinski definition) is 4. The second-order valence-corrected chi connectivity index (χ2v) is 14.7. The molecule has 1 atom stereocenters. The number of nitrogens with one attached hydrogen (secondary N) is 1. The van der Waals surface area contributed by atoms with Crippen molar-refractivity contribution < 1.29 is 18.0 Å². The van der Waals surface area contributed by atoms with Gasteiger partial charge in [0.25, 0.3) is 10.0 Å². The molecule has 0 spiro atoms. The van der Waals surface area contributed by atoms with Gasteiger partial charge in [-0.1, -0.05) is 107 Å². The van der Waals surface area contributed by atoms with Gasteiger partial charge in [0.1, 0.15) is 12.6 Å². The minimum absolute atomic E-state index is 0.0281. The monoisotopic (exact) mass is 721 g/mol. The summed E-state index contributed by atoms with van der Waals surface area (Å²) in [6, 6.07) is 30.6. The van der Waals surface area contributed by atoms with Gasteiger partial charge in [0, 0.05) is 28.5 Å². The van der Waals surface area contributed by atoms with E-state index in [4.69, 9.17) is 11.6 Å². The van der Waals surface area contributed by atoms with E-state index >= 15 is 0 Å². The van der Waals surface area contributed by atoms with E-state index in [1.54, 1.807) is 60.7 Å². The van der Waals surface area contributed by atoms with Gasteiger partial charge in [-0.2, -0.15) is 0 Å². The summed E-state index contributed by atoms with van der Waals surface area (Å²) in [5.41, 5.74) is 1.94. The number of nitrogens with zero attached hydrogens (tertiary/aromatic N) is 2. The first-order valence-electron chi connectivity index (χ1n) is 15.4. The highest BCUT2D eigenvalue weighted by atomic mass is 79.9. The normalized spacial score (nSPS) is 14.3. The van der Waals surface area contributed by atoms with Crippen LogP contribution in [-0.4, -0.2) is 43.8 Å². The zero-order valence-electron chi connectivity index (χ0n) is 25.4. The van der Waals surface area contributed by atoms with Gasteiger partial charge in [-0.3, -0.25) is 13.9 Å². The average molecular weight is 723 g/mol. The predicted molar refractivity (Wildman–Crippen MR) is 186 cm³/mol. The highest BCUT2D eigenvalue weighted by Crippen LogP contribution is 2.27. The molecule has 0 bridgehead atoms. The molecule has 2 amide bonds. The maximum Gasteiger partial charge on any atom is 0.264 e. The number of sulfonamides is 1. The first-order valence-corrected chi connectivity index (χ1v) is 18.0. The fourth-order valence-corrected chi connectivity index (χ4v) is 7.70. The molecule has 1 aliphatic carbocycles. The summed E-state index contributed by atoms with van der Waals surface area (Å²) in [7, 11) is -4.15. The number of amides is 2. The van der Waals surface area contributed by atoms with Crippen molar-refractivity contribution in [2.24, 2.45) is 0 Å². The van der Waals surface area contributed by atoms with Gasteiger partial charge in [-0.05, 0) is 72.5 Å². The van der Waals surface area contributed by atoms with Crippen LogP contribution in [0.15, 0.2) is 119 Å². The molecule has 0 aromatic heterocycles. The number of carbonyl (C=O) groups is 2. The summed E-state index contributed by atoms with van der Waals surface area (Å²) >= 11 is 9.75. The number of halogens is 2. The summed E-state index contributed by atoms with van der Waals surface area (Å²) in [5.74, 6) is -0.769. The lowest BCUT2D eigenvalue weighted by molar-refractivity contribution is -0.140. The molecular formula is C36H37BrClN3O4S. The maximum atomic E-state index is 14.6. The van der Waals surface area contributed by atoms with Crippen LogP contribution in [0, 0.1) is 0 Å². The Hall–Kier alpha value is -3.66. The molecule has 4 aromatic carbocycles. The maximum absolute atomic E-state index is 14.6. The van der Waals surface area contributed by atoms with Crippen molar-refractivity contribution in [3.05, 3.63) is 130 Å². The summed E-state index contributed by atoms with van der Waals surface area (Å²) < 4.78 is 30.0. The molecule has 1 aliphatic rings. The summed E-state index contributed by atoms with van der Waals surface area (Å²) in [6.45, 7) is -0.448. The van der Waals surface area contributed by atoms with Crippen LogP contribution in [0.4, 0.5) is 5.69 Å². The molecule has 0 aliphatic heterocycles. The summed E-state index contributed by atoms with van der Waals surface area (Å²) in [5, 5.41) is 3.72. The van der Waals surface area contributed by atoms with E-state index in [1.807, 2.05) is 36.4 Å². The number of rotatable bonds is 12. The molecule has 0 unspecified atom stereocenters. The largest absolute Gasteiger partial charge is 0.352 e. The van der Waals surface area contributed by atoms with Crippen molar-refractivity contribution in [3.8, 4) is 0 Å². The topological polar surface area (TPSA) is 86.8 Å². The zero-order chi connectivity index (χ0) is 32.5. The SMILES string of the molecule is O=C(NC1CCCCC1)[C@@H](Cc1ccccc1)N(Cc1cccc(Cl)c1)C(=O)CN(c1ccc(Br)cc1)S(=O)(=O)c1ccccc1. The smallest absolute Gasteiger partial charge is 0.264 e. The quantitative estimate of drug-likeness (QED) is 0.165. The highest BCUT2D eigenvalue weighted by molar-refractivity contribution is 9.10. The minimum atomic E-state index is -4.15. The lowest BCUT2D eigenvalue weighted by Crippen LogP contribution is -2.55. The van der Waals surface area contributed by atoms with Crippen LogP contribution in [-0.2, 0) is 32.6 Å². The Morgan fingerprint density at radius 2 is 1.46 bits per heavy atom. The Balaban J connectivity index is 1.55. The third kappa shape index (κ3) is 8.78. The van der Waals surface area contributed by atoms with Crippen molar-refractivity contribution in [3.63, 3.8) is 0 Å². The average Bonchev–Trinajstić information content (AvgIpc) is 3.07. The number of carbonyl (C=O) groups excluding carboxylic acids is 2. The second-order valence-electron chi connectivity index (χ2n) is 11.5. The molecule has 1 saturated carbocycles. The Labute approximate surface area is 284 Å². The van der Waals surface area contributed by atoms with Crippen molar-refractivity contribution in [2.75, 3.05) is 10.8 Å². The van der Waals surface area contributed by atoms with Crippen LogP contribution in [0.2, 0.25) is 5.02 Å². The molecule has 0 saturated heterocycles. The Bertz CT molecular complexity index is 1720. The molecule has 240 valence electrons. The van der Waals surface area contributed by atoms with E-state index in [0.717, 1.165) is 52.0 Å². The standard InChI is InChI=1S/C36H37BrClN3O4S/c37-29-19-21-32(22-20-29)41(46(44,45)33-17-8-3-9-18-33)26-35(42)40(25-28-13-10-14-30(38)23-28)34(24-27-11-4-1-5-12-27)36(43)39-31-15-6-2-7-16-31/h1,3-5,8-14,17-23,31,34H,2,6-7,15-16,24-26H2,(H,39,43)/t34-/m1/s1. The van der Waals surface area contributed by atoms with E-state index in [1.165, 1.54) is 17.0 Å². The van der Waals surface area contributed by atoms with E-state index in [0.29, 0.717) is 10.7 Å². The predicted octanol–water partition coefficient (Wildman–Crippen LogP) is 7.39. The van der Waals surface area contributed by atoms with E-state index < -0.39 is 28.5 Å². The Kier molecular flexibility index (Phi) is 11.5. The van der Waals surface area contributed by atoms with Gasteiger partial charge in [-0.15, -0.1) is 0 Å². The molecule has 46 heavy (non-hydrogen) atoms. The third-order valence-electron chi connectivity index (χ3n) is 8.19. The molecule has 7 nitrogen and oxygen atoms in total. The highest BCUT2D eigenvalue weighted by Gasteiger charge is 2.35. The molecule has 1 N–H and O–H groups in total. The number of hydrogen-bond donors (Lipinski definition) is 1. The van der Waals surface area contributed by atoms with Crippen LogP contribution in [0.1, 0.15) is 43.2 Å². The van der Waals surface area contributed by atoms with Crippen LogP contribution < -0.4 is 9.62 Å². The molecule has 0 heterocycles. The third-order valence-corrected chi connectivity index (χ3v) is 10.7. The van der Waals surface area contributed by atoms with Crippen LogP contribution in [0.25, 0.3) is 0 Å². The summed E-state index contributed by atoms with van der Waals surface area (Å²) in [4.78, 5) is 30.3. The molecule has 4 aromatic rings. The van der Waals surface area contributed by atoms with Crippen molar-refractivity contribution in [1.82, 2.24) is 10.2 Å². The fraction of sp³-hybridized carbons (Fsp3) is 0.278. The van der Waals surface area contributed by atoms with Crippen LogP contribution >= 0.6 is 27.5 Å². The second kappa shape index (κ2) is 15.8. The van der Waals surface area contributed by atoms with Crippen molar-refractivity contribution >= 4 is 55.1 Å². The van der Waals surface area contributed by atoms with Gasteiger partial charge in [0.15, 0.2) is 0 Å². The van der Waals surface area contributed by atoms with Gasteiger partial charge in [-0.25, -0.2) is 8.42 Å². The van der Waals surface area contributed by atoms with Gasteiger partial charge < -0.3 is 10.2 Å². The van der Waals surface area contributed by atoms with Crippen LogP contribution in [0.3, 0.4) is 0 Å².